The summed E-state index contributed by atoms with van der Waals surface area (Å²) < 4.78 is 59.6. The van der Waals surface area contributed by atoms with Crippen LogP contribution < -0.4 is 0 Å². The van der Waals surface area contributed by atoms with E-state index < -0.39 is 21.5 Å². The van der Waals surface area contributed by atoms with Gasteiger partial charge in [0.05, 0.1) is 11.9 Å². The smallest absolute Gasteiger partial charge is 0.246 e. The molecule has 1 aliphatic heterocycles. The van der Waals surface area contributed by atoms with Gasteiger partial charge in [-0.2, -0.15) is 14.5 Å². The normalized spacial score (nSPS) is 18.2. The molecule has 0 bridgehead atoms. The minimum atomic E-state index is -3.78. The van der Waals surface area contributed by atoms with Gasteiger partial charge in [0.25, 0.3) is 0 Å². The zero-order chi connectivity index (χ0) is 19.4. The molecule has 0 radical (unpaired) electrons. The predicted molar refractivity (Wildman–Crippen MR) is 91.7 cm³/mol. The van der Waals surface area contributed by atoms with E-state index in [1.165, 1.54) is 32.2 Å². The number of hydrogen-bond acceptors (Lipinski definition) is 5. The van der Waals surface area contributed by atoms with Gasteiger partial charge in [-0.25, -0.2) is 26.7 Å². The third-order valence-corrected chi connectivity index (χ3v) is 7.17. The number of rotatable bonds is 3. The third-order valence-electron chi connectivity index (χ3n) is 5.17. The Kier molecular flexibility index (Phi) is 4.04. The summed E-state index contributed by atoms with van der Waals surface area (Å²) in [7, 11) is -2.13. The molecule has 0 atom stereocenters. The molecule has 1 saturated heterocycles. The second-order valence-corrected chi connectivity index (χ2v) is 8.59. The summed E-state index contributed by atoms with van der Waals surface area (Å²) >= 11 is 0. The first kappa shape index (κ1) is 18.0. The van der Waals surface area contributed by atoms with E-state index >= 15 is 4.39 Å². The lowest BCUT2D eigenvalue weighted by atomic mass is 9.87. The van der Waals surface area contributed by atoms with Crippen LogP contribution in [0.1, 0.15) is 24.1 Å². The average molecular weight is 396 g/mol. The summed E-state index contributed by atoms with van der Waals surface area (Å²) in [5.74, 6) is -0.711. The van der Waals surface area contributed by atoms with E-state index in [2.05, 4.69) is 15.2 Å². The Morgan fingerprint density at radius 1 is 1.22 bits per heavy atom. The van der Waals surface area contributed by atoms with E-state index in [0.29, 0.717) is 5.69 Å². The average Bonchev–Trinajstić information content (AvgIpc) is 3.21. The number of pyridine rings is 1. The van der Waals surface area contributed by atoms with E-state index in [4.69, 9.17) is 0 Å². The first-order valence-corrected chi connectivity index (χ1v) is 9.83. The monoisotopic (exact) mass is 396 g/mol. The highest BCUT2D eigenvalue weighted by atomic mass is 32.2. The first-order valence-electron chi connectivity index (χ1n) is 8.39. The van der Waals surface area contributed by atoms with Crippen molar-refractivity contribution in [1.29, 1.82) is 0 Å². The Morgan fingerprint density at radius 3 is 2.56 bits per heavy atom. The van der Waals surface area contributed by atoms with Crippen molar-refractivity contribution >= 4 is 15.7 Å². The van der Waals surface area contributed by atoms with Crippen molar-refractivity contribution in [2.45, 2.75) is 30.3 Å². The molecule has 3 aromatic rings. The van der Waals surface area contributed by atoms with Crippen molar-refractivity contribution < 1.29 is 17.2 Å². The molecule has 0 unspecified atom stereocenters. The van der Waals surface area contributed by atoms with Crippen LogP contribution in [0.5, 0.6) is 0 Å². The number of aryl methyl sites for hydroxylation is 1. The summed E-state index contributed by atoms with van der Waals surface area (Å²) in [6.45, 7) is 1.55. The molecule has 0 aliphatic carbocycles. The fourth-order valence-corrected chi connectivity index (χ4v) is 5.01. The lowest BCUT2D eigenvalue weighted by Gasteiger charge is -2.35. The van der Waals surface area contributed by atoms with Crippen LogP contribution in [0.25, 0.3) is 5.65 Å². The maximum atomic E-state index is 15.5. The molecule has 0 spiro atoms. The van der Waals surface area contributed by atoms with Gasteiger partial charge in [0.15, 0.2) is 5.65 Å². The Labute approximate surface area is 154 Å². The van der Waals surface area contributed by atoms with Crippen LogP contribution in [0.3, 0.4) is 0 Å². The van der Waals surface area contributed by atoms with Crippen LogP contribution in [0.2, 0.25) is 0 Å². The highest BCUT2D eigenvalue weighted by molar-refractivity contribution is 7.89. The fourth-order valence-electron chi connectivity index (χ4n) is 3.39. The lowest BCUT2D eigenvalue weighted by Crippen LogP contribution is -2.43. The number of nitrogens with zero attached hydrogens (tertiary/aromatic N) is 6. The number of aromatic nitrogens is 5. The molecule has 11 heteroatoms. The molecule has 3 aromatic heterocycles. The zero-order valence-corrected chi connectivity index (χ0v) is 15.6. The standard InChI is InChI=1S/C16H18F2N6O2S/c1-11-14(8-20-22(11)2)27(25,26)23-5-3-16(18,4-6-23)12-9-24-15(7-13(12)17)19-10-21-24/h7-10H,3-6H2,1-2H3. The van der Waals surface area contributed by atoms with Crippen LogP contribution in [0.4, 0.5) is 8.78 Å². The second-order valence-electron chi connectivity index (χ2n) is 6.69. The summed E-state index contributed by atoms with van der Waals surface area (Å²) in [4.78, 5) is 3.97. The van der Waals surface area contributed by atoms with Gasteiger partial charge in [-0.05, 0) is 19.8 Å². The number of piperidine rings is 1. The SMILES string of the molecule is Cc1c(S(=O)(=O)N2CCC(F)(c3cn4ncnc4cc3F)CC2)cnn1C. The summed E-state index contributed by atoms with van der Waals surface area (Å²) in [6.07, 6.45) is 3.54. The zero-order valence-electron chi connectivity index (χ0n) is 14.8. The lowest BCUT2D eigenvalue weighted by molar-refractivity contribution is 0.0824. The summed E-state index contributed by atoms with van der Waals surface area (Å²) in [6, 6.07) is 1.13. The molecular weight excluding hydrogens is 378 g/mol. The molecule has 1 fully saturated rings. The van der Waals surface area contributed by atoms with Gasteiger partial charge in [0, 0.05) is 38.0 Å². The molecular formula is C16H18F2N6O2S. The Balaban J connectivity index is 1.60. The van der Waals surface area contributed by atoms with Crippen molar-refractivity contribution in [2.75, 3.05) is 13.1 Å². The van der Waals surface area contributed by atoms with Crippen molar-refractivity contribution in [1.82, 2.24) is 28.7 Å². The Hall–Kier alpha value is -2.40. The van der Waals surface area contributed by atoms with Crippen LogP contribution in [-0.2, 0) is 22.7 Å². The minimum Gasteiger partial charge on any atom is -0.272 e. The Bertz CT molecular complexity index is 1120. The van der Waals surface area contributed by atoms with Crippen molar-refractivity contribution in [3.8, 4) is 0 Å². The maximum Gasteiger partial charge on any atom is 0.246 e. The molecule has 8 nitrogen and oxygen atoms in total. The van der Waals surface area contributed by atoms with Crippen LogP contribution in [0, 0.1) is 12.7 Å². The number of alkyl halides is 1. The largest absolute Gasteiger partial charge is 0.272 e. The number of hydrogen-bond donors (Lipinski definition) is 0. The first-order chi connectivity index (χ1) is 12.7. The number of halogens is 2. The number of sulfonamides is 1. The van der Waals surface area contributed by atoms with Crippen LogP contribution in [0.15, 0.2) is 29.7 Å². The van der Waals surface area contributed by atoms with Crippen molar-refractivity contribution in [2.24, 2.45) is 7.05 Å². The molecule has 0 aromatic carbocycles. The molecule has 144 valence electrons. The van der Waals surface area contributed by atoms with Crippen LogP contribution >= 0.6 is 0 Å². The van der Waals surface area contributed by atoms with E-state index in [1.807, 2.05) is 0 Å². The third kappa shape index (κ3) is 2.81. The van der Waals surface area contributed by atoms with Crippen molar-refractivity contribution in [3.05, 3.63) is 41.9 Å². The molecule has 0 N–H and O–H groups in total. The molecule has 27 heavy (non-hydrogen) atoms. The van der Waals surface area contributed by atoms with Gasteiger partial charge in [-0.15, -0.1) is 0 Å². The second kappa shape index (κ2) is 6.06. The minimum absolute atomic E-state index is 0.0536. The molecule has 4 rings (SSSR count). The quantitative estimate of drug-likeness (QED) is 0.671. The molecule has 0 amide bonds. The predicted octanol–water partition coefficient (Wildman–Crippen LogP) is 1.56. The van der Waals surface area contributed by atoms with Gasteiger partial charge in [-0.1, -0.05) is 0 Å². The summed E-state index contributed by atoms with van der Waals surface area (Å²) in [5.41, 5.74) is -1.31. The molecule has 4 heterocycles. The molecule has 1 aliphatic rings. The van der Waals surface area contributed by atoms with E-state index in [9.17, 15) is 12.8 Å². The maximum absolute atomic E-state index is 15.5. The van der Waals surface area contributed by atoms with Gasteiger partial charge >= 0.3 is 0 Å². The van der Waals surface area contributed by atoms with Gasteiger partial charge in [0.1, 0.15) is 22.7 Å². The van der Waals surface area contributed by atoms with Crippen LogP contribution in [-0.4, -0.2) is 50.2 Å². The van der Waals surface area contributed by atoms with Gasteiger partial charge in [-0.3, -0.25) is 4.68 Å². The Morgan fingerprint density at radius 2 is 1.93 bits per heavy atom. The number of fused-ring (bicyclic) bond motifs is 1. The van der Waals surface area contributed by atoms with E-state index in [-0.39, 0.29) is 42.0 Å². The van der Waals surface area contributed by atoms with Gasteiger partial charge in [0.2, 0.25) is 10.0 Å². The van der Waals surface area contributed by atoms with E-state index in [1.54, 1.807) is 14.0 Å². The van der Waals surface area contributed by atoms with Crippen molar-refractivity contribution in [3.63, 3.8) is 0 Å². The fraction of sp³-hybridized carbons (Fsp3) is 0.438. The topological polar surface area (TPSA) is 85.4 Å². The highest BCUT2D eigenvalue weighted by Gasteiger charge is 2.42. The highest BCUT2D eigenvalue weighted by Crippen LogP contribution is 2.39. The van der Waals surface area contributed by atoms with Gasteiger partial charge < -0.3 is 0 Å². The molecule has 0 saturated carbocycles. The summed E-state index contributed by atoms with van der Waals surface area (Å²) in [5, 5.41) is 7.87. The van der Waals surface area contributed by atoms with E-state index in [0.717, 1.165) is 6.07 Å².